The molecule has 0 rings (SSSR count). The molecule has 0 radical (unpaired) electrons. The smallest absolute Gasteiger partial charge is 0.268 e. The zero-order valence-electron chi connectivity index (χ0n) is 44.2. The molecule has 0 saturated carbocycles. The number of carbonyl (C=O) groups excluding carboxylic acids is 1. The molecule has 69 heavy (non-hydrogen) atoms. The molecule has 0 aromatic rings. The quantitative estimate of drug-likeness (QED) is 0.0272. The lowest BCUT2D eigenvalue weighted by molar-refractivity contribution is -0.870. The van der Waals surface area contributed by atoms with Crippen molar-refractivity contribution in [1.82, 2.24) is 5.32 Å². The van der Waals surface area contributed by atoms with Crippen molar-refractivity contribution >= 4 is 13.7 Å². The molecule has 0 aliphatic rings. The van der Waals surface area contributed by atoms with Crippen molar-refractivity contribution in [3.05, 3.63) is 146 Å². The van der Waals surface area contributed by atoms with E-state index in [1.165, 1.54) is 32.1 Å². The summed E-state index contributed by atoms with van der Waals surface area (Å²) in [5.74, 6) is -0.232. The molecule has 2 N–H and O–H groups in total. The van der Waals surface area contributed by atoms with Crippen LogP contribution in [0.5, 0.6) is 0 Å². The fourth-order valence-corrected chi connectivity index (χ4v) is 7.30. The van der Waals surface area contributed by atoms with Crippen molar-refractivity contribution in [3.63, 3.8) is 0 Å². The number of quaternary nitrogens is 1. The number of nitrogens with one attached hydrogen (secondary N) is 1. The van der Waals surface area contributed by atoms with Crippen molar-refractivity contribution in [2.75, 3.05) is 40.9 Å². The summed E-state index contributed by atoms with van der Waals surface area (Å²) in [6, 6.07) is -0.926. The first-order valence-corrected chi connectivity index (χ1v) is 28.2. The molecule has 3 unspecified atom stereocenters. The van der Waals surface area contributed by atoms with Gasteiger partial charge < -0.3 is 28.8 Å². The predicted octanol–water partition coefficient (Wildman–Crippen LogP) is 15.5. The number of amides is 1. The van der Waals surface area contributed by atoms with Crippen LogP contribution in [0.4, 0.5) is 0 Å². The second-order valence-electron chi connectivity index (χ2n) is 18.5. The van der Waals surface area contributed by atoms with E-state index in [2.05, 4.69) is 153 Å². The lowest BCUT2D eigenvalue weighted by atomic mass is 10.1. The van der Waals surface area contributed by atoms with Gasteiger partial charge in [-0.2, -0.15) is 0 Å². The maximum absolute atomic E-state index is 12.9. The third kappa shape index (κ3) is 52.0. The summed E-state index contributed by atoms with van der Waals surface area (Å²) in [7, 11) is 1.20. The fraction of sp³-hybridized carbons (Fsp3) is 0.583. The Bertz CT molecular complexity index is 1620. The standard InChI is InChI=1S/C60H99N2O6P/c1-6-8-10-12-14-16-18-20-21-22-23-24-25-26-27-28-29-30-31-32-33-34-35-36-37-38-39-40-41-42-44-46-48-50-52-54-60(64)61-58(57-68-69(65,66)67-56-55-62(3,4)5)59(63)53-51-49-47-45-43-19-17-15-13-11-9-7-2/h8,10,13-16,20-21,23-24,26-27,29-30,32-33,35-36,38-39,43,45,51,53,58-59,63H,6-7,9,11-12,17-19,22,25,28,31,34,37,40-42,44,46-50,52,54-57H2,1-5H3,(H-,61,64,65,66)/b10-8-,15-13+,16-14-,21-20-,24-23-,27-26-,30-29-,33-32-,36-35-,39-38-,45-43+,53-51+. The molecule has 0 spiro atoms. The van der Waals surface area contributed by atoms with Gasteiger partial charge in [-0.1, -0.05) is 205 Å². The van der Waals surface area contributed by atoms with E-state index in [0.29, 0.717) is 17.4 Å². The van der Waals surface area contributed by atoms with Crippen LogP contribution in [0, 0.1) is 0 Å². The maximum atomic E-state index is 12.9. The van der Waals surface area contributed by atoms with Crippen LogP contribution in [-0.2, 0) is 18.4 Å². The third-order valence-corrected chi connectivity index (χ3v) is 11.7. The molecule has 0 saturated heterocycles. The minimum absolute atomic E-state index is 0.0198. The number of aliphatic hydroxyl groups excluding tert-OH is 1. The third-order valence-electron chi connectivity index (χ3n) is 10.8. The summed E-state index contributed by atoms with van der Waals surface area (Å²) in [6.07, 6.45) is 76.4. The molecule has 3 atom stereocenters. The van der Waals surface area contributed by atoms with E-state index >= 15 is 0 Å². The number of hydrogen-bond donors (Lipinski definition) is 2. The first-order chi connectivity index (χ1) is 33.5. The Morgan fingerprint density at radius 1 is 0.522 bits per heavy atom. The molecule has 8 nitrogen and oxygen atoms in total. The minimum atomic E-state index is -4.62. The van der Waals surface area contributed by atoms with E-state index in [1.807, 2.05) is 27.2 Å². The van der Waals surface area contributed by atoms with Crippen molar-refractivity contribution in [2.45, 2.75) is 187 Å². The largest absolute Gasteiger partial charge is 0.756 e. The first kappa shape index (κ1) is 65.4. The van der Waals surface area contributed by atoms with Crippen molar-refractivity contribution in [2.24, 2.45) is 0 Å². The Labute approximate surface area is 423 Å². The van der Waals surface area contributed by atoms with Crippen molar-refractivity contribution in [3.8, 4) is 0 Å². The SMILES string of the molecule is CC/C=C\C/C=C\C/C=C\C/C=C\C/C=C\C/C=C\C/C=C\C/C=C\C/C=C\CCCCCCCCCC(=O)NC(COP(=O)([O-])OCC[N+](C)(C)C)C(O)/C=C/CC/C=C/CC/C=C/CCCC. The van der Waals surface area contributed by atoms with E-state index in [0.717, 1.165) is 122 Å². The van der Waals surface area contributed by atoms with E-state index in [1.54, 1.807) is 6.08 Å². The lowest BCUT2D eigenvalue weighted by Gasteiger charge is -2.29. The predicted molar refractivity (Wildman–Crippen MR) is 297 cm³/mol. The number of carbonyl (C=O) groups is 1. The Balaban J connectivity index is 4.23. The van der Waals surface area contributed by atoms with Crippen LogP contribution in [-0.4, -0.2) is 68.5 Å². The van der Waals surface area contributed by atoms with E-state index in [-0.39, 0.29) is 12.5 Å². The summed E-state index contributed by atoms with van der Waals surface area (Å²) in [4.78, 5) is 25.4. The number of likely N-dealkylation sites (N-methyl/N-ethyl adjacent to an activating group) is 1. The number of aliphatic hydroxyl groups is 1. The fourth-order valence-electron chi connectivity index (χ4n) is 6.57. The van der Waals surface area contributed by atoms with Crippen LogP contribution >= 0.6 is 7.82 Å². The summed E-state index contributed by atoms with van der Waals surface area (Å²) in [6.45, 7) is 4.41. The monoisotopic (exact) mass is 975 g/mol. The normalized spacial score (nSPS) is 15.2. The van der Waals surface area contributed by atoms with Crippen LogP contribution in [0.1, 0.15) is 174 Å². The van der Waals surface area contributed by atoms with Crippen LogP contribution in [0.25, 0.3) is 0 Å². The molecular formula is C60H99N2O6P. The second kappa shape index (κ2) is 49.4. The first-order valence-electron chi connectivity index (χ1n) is 26.7. The highest BCUT2D eigenvalue weighted by molar-refractivity contribution is 7.45. The van der Waals surface area contributed by atoms with Gasteiger partial charge in [0.25, 0.3) is 7.82 Å². The lowest BCUT2D eigenvalue weighted by Crippen LogP contribution is -2.45. The molecule has 0 aliphatic carbocycles. The van der Waals surface area contributed by atoms with Gasteiger partial charge in [-0.15, -0.1) is 0 Å². The molecule has 0 aromatic heterocycles. The second-order valence-corrected chi connectivity index (χ2v) is 19.9. The maximum Gasteiger partial charge on any atom is 0.268 e. The van der Waals surface area contributed by atoms with Gasteiger partial charge in [0.2, 0.25) is 5.91 Å². The summed E-state index contributed by atoms with van der Waals surface area (Å²) in [5, 5.41) is 13.8. The highest BCUT2D eigenvalue weighted by Gasteiger charge is 2.23. The van der Waals surface area contributed by atoms with Crippen molar-refractivity contribution < 1.29 is 32.9 Å². The summed E-state index contributed by atoms with van der Waals surface area (Å²) >= 11 is 0. The number of hydrogen-bond acceptors (Lipinski definition) is 6. The highest BCUT2D eigenvalue weighted by Crippen LogP contribution is 2.38. The molecular weight excluding hydrogens is 876 g/mol. The minimum Gasteiger partial charge on any atom is -0.756 e. The average Bonchev–Trinajstić information content (AvgIpc) is 3.31. The molecule has 0 heterocycles. The van der Waals surface area contributed by atoms with Gasteiger partial charge >= 0.3 is 0 Å². The van der Waals surface area contributed by atoms with Crippen LogP contribution in [0.3, 0.4) is 0 Å². The van der Waals surface area contributed by atoms with Gasteiger partial charge in [0, 0.05) is 6.42 Å². The molecule has 0 aliphatic heterocycles. The van der Waals surface area contributed by atoms with Crippen LogP contribution < -0.4 is 10.2 Å². The number of phosphoric acid groups is 1. The zero-order valence-corrected chi connectivity index (χ0v) is 45.1. The topological polar surface area (TPSA) is 108 Å². The van der Waals surface area contributed by atoms with Crippen molar-refractivity contribution in [1.29, 1.82) is 0 Å². The van der Waals surface area contributed by atoms with Gasteiger partial charge in [-0.3, -0.25) is 9.36 Å². The Morgan fingerprint density at radius 3 is 1.35 bits per heavy atom. The summed E-state index contributed by atoms with van der Waals surface area (Å²) < 4.78 is 23.2. The molecule has 390 valence electrons. The number of rotatable bonds is 46. The van der Waals surface area contributed by atoms with Gasteiger partial charge in [-0.25, -0.2) is 0 Å². The Kier molecular flexibility index (Phi) is 46.8. The van der Waals surface area contributed by atoms with Crippen LogP contribution in [0.2, 0.25) is 0 Å². The number of phosphoric ester groups is 1. The molecule has 9 heteroatoms. The molecule has 0 bridgehead atoms. The molecule has 1 amide bonds. The zero-order chi connectivity index (χ0) is 50.6. The van der Waals surface area contributed by atoms with Gasteiger partial charge in [-0.05, 0) is 109 Å². The highest BCUT2D eigenvalue weighted by atomic mass is 31.2. The number of nitrogens with zero attached hydrogens (tertiary/aromatic N) is 1. The van der Waals surface area contributed by atoms with E-state index < -0.39 is 26.6 Å². The number of allylic oxidation sites excluding steroid dienone is 23. The Hall–Kier alpha value is -3.62. The number of unbranched alkanes of at least 4 members (excludes halogenated alkanes) is 11. The van der Waals surface area contributed by atoms with Gasteiger partial charge in [0.1, 0.15) is 13.2 Å². The van der Waals surface area contributed by atoms with E-state index in [4.69, 9.17) is 9.05 Å². The average molecular weight is 975 g/mol. The van der Waals surface area contributed by atoms with E-state index in [9.17, 15) is 19.4 Å². The molecule has 0 fully saturated rings. The summed E-state index contributed by atoms with van der Waals surface area (Å²) in [5.41, 5.74) is 0. The van der Waals surface area contributed by atoms with Crippen LogP contribution in [0.15, 0.2) is 146 Å². The van der Waals surface area contributed by atoms with Gasteiger partial charge in [0.15, 0.2) is 0 Å². The Morgan fingerprint density at radius 2 is 0.899 bits per heavy atom. The van der Waals surface area contributed by atoms with Gasteiger partial charge in [0.05, 0.1) is 39.9 Å². The molecule has 0 aromatic carbocycles.